The van der Waals surface area contributed by atoms with Crippen molar-refractivity contribution >= 4 is 5.82 Å². The average molecular weight is 279 g/mol. The van der Waals surface area contributed by atoms with E-state index in [1.54, 1.807) is 13.3 Å². The lowest BCUT2D eigenvalue weighted by Crippen LogP contribution is -2.06. The summed E-state index contributed by atoms with van der Waals surface area (Å²) < 4.78 is 7.06. The van der Waals surface area contributed by atoms with Crippen LogP contribution in [0.25, 0.3) is 11.1 Å². The van der Waals surface area contributed by atoms with Crippen LogP contribution < -0.4 is 10.5 Å². The third kappa shape index (κ3) is 2.74. The Morgan fingerprint density at radius 3 is 2.67 bits per heavy atom. The number of rotatable bonds is 4. The molecule has 2 N–H and O–H groups in total. The summed E-state index contributed by atoms with van der Waals surface area (Å²) in [7, 11) is 1.65. The van der Waals surface area contributed by atoms with Crippen molar-refractivity contribution in [2.45, 2.75) is 6.54 Å². The van der Waals surface area contributed by atoms with Gasteiger partial charge in [0.05, 0.1) is 19.9 Å². The van der Waals surface area contributed by atoms with Gasteiger partial charge in [0.25, 0.3) is 0 Å². The van der Waals surface area contributed by atoms with E-state index in [0.717, 1.165) is 16.9 Å². The summed E-state index contributed by atoms with van der Waals surface area (Å²) in [6.07, 6.45) is 1.80. The minimum Gasteiger partial charge on any atom is -0.497 e. The van der Waals surface area contributed by atoms with Crippen LogP contribution in [0.4, 0.5) is 5.82 Å². The van der Waals surface area contributed by atoms with Crippen molar-refractivity contribution in [3.63, 3.8) is 0 Å². The topological polar surface area (TPSA) is 53.1 Å². The Morgan fingerprint density at radius 1 is 1.10 bits per heavy atom. The lowest BCUT2D eigenvalue weighted by Gasteiger charge is -2.06. The number of anilines is 1. The summed E-state index contributed by atoms with van der Waals surface area (Å²) in [5.74, 6) is 1.47. The standard InChI is InChI=1S/C17H17N3O/c1-21-15-9-5-8-14(10-15)16-11-19-20(17(16)18)12-13-6-3-2-4-7-13/h2-11H,12,18H2,1H3. The van der Waals surface area contributed by atoms with E-state index in [1.165, 1.54) is 5.56 Å². The van der Waals surface area contributed by atoms with Gasteiger partial charge in [-0.2, -0.15) is 5.10 Å². The van der Waals surface area contributed by atoms with E-state index in [-0.39, 0.29) is 0 Å². The third-order valence-electron chi connectivity index (χ3n) is 3.44. The molecule has 4 heteroatoms. The van der Waals surface area contributed by atoms with E-state index in [1.807, 2.05) is 47.1 Å². The molecule has 0 aliphatic rings. The van der Waals surface area contributed by atoms with Gasteiger partial charge < -0.3 is 10.5 Å². The summed E-state index contributed by atoms with van der Waals surface area (Å²) in [5, 5.41) is 4.39. The normalized spacial score (nSPS) is 10.5. The van der Waals surface area contributed by atoms with Crippen molar-refractivity contribution in [3.8, 4) is 16.9 Å². The highest BCUT2D eigenvalue weighted by atomic mass is 16.5. The lowest BCUT2D eigenvalue weighted by atomic mass is 10.1. The summed E-state index contributed by atoms with van der Waals surface area (Å²) in [4.78, 5) is 0. The maximum atomic E-state index is 6.23. The molecule has 0 spiro atoms. The summed E-state index contributed by atoms with van der Waals surface area (Å²) in [6.45, 7) is 0.663. The number of hydrogen-bond acceptors (Lipinski definition) is 3. The van der Waals surface area contributed by atoms with Crippen molar-refractivity contribution in [2.24, 2.45) is 0 Å². The van der Waals surface area contributed by atoms with E-state index < -0.39 is 0 Å². The molecule has 1 aromatic heterocycles. The predicted octanol–water partition coefficient (Wildman–Crippen LogP) is 3.19. The van der Waals surface area contributed by atoms with Crippen LogP contribution in [0, 0.1) is 0 Å². The van der Waals surface area contributed by atoms with Crippen LogP contribution in [0.3, 0.4) is 0 Å². The minimum absolute atomic E-state index is 0.659. The first-order valence-electron chi connectivity index (χ1n) is 6.77. The molecule has 3 aromatic rings. The molecule has 0 unspecified atom stereocenters. The highest BCUT2D eigenvalue weighted by molar-refractivity contribution is 5.74. The van der Waals surface area contributed by atoms with E-state index >= 15 is 0 Å². The number of nitrogens with zero attached hydrogens (tertiary/aromatic N) is 2. The van der Waals surface area contributed by atoms with Crippen LogP contribution in [0.5, 0.6) is 5.75 Å². The fourth-order valence-electron chi connectivity index (χ4n) is 2.29. The van der Waals surface area contributed by atoms with Crippen LogP contribution in [0.1, 0.15) is 5.56 Å². The maximum Gasteiger partial charge on any atom is 0.129 e. The van der Waals surface area contributed by atoms with Gasteiger partial charge in [0, 0.05) is 5.56 Å². The number of ether oxygens (including phenoxy) is 1. The largest absolute Gasteiger partial charge is 0.497 e. The van der Waals surface area contributed by atoms with Crippen LogP contribution in [0.15, 0.2) is 60.8 Å². The van der Waals surface area contributed by atoms with E-state index in [0.29, 0.717) is 12.4 Å². The average Bonchev–Trinajstić information content (AvgIpc) is 2.89. The molecule has 0 amide bonds. The monoisotopic (exact) mass is 279 g/mol. The van der Waals surface area contributed by atoms with Crippen molar-refractivity contribution < 1.29 is 4.74 Å². The van der Waals surface area contributed by atoms with Gasteiger partial charge >= 0.3 is 0 Å². The molecule has 4 nitrogen and oxygen atoms in total. The molecular formula is C17H17N3O. The van der Waals surface area contributed by atoms with Gasteiger partial charge in [-0.1, -0.05) is 42.5 Å². The highest BCUT2D eigenvalue weighted by Gasteiger charge is 2.10. The predicted molar refractivity (Wildman–Crippen MR) is 84.2 cm³/mol. The maximum absolute atomic E-state index is 6.23. The van der Waals surface area contributed by atoms with Crippen molar-refractivity contribution in [1.82, 2.24) is 9.78 Å². The third-order valence-corrected chi connectivity index (χ3v) is 3.44. The number of benzene rings is 2. The highest BCUT2D eigenvalue weighted by Crippen LogP contribution is 2.28. The van der Waals surface area contributed by atoms with Crippen molar-refractivity contribution in [1.29, 1.82) is 0 Å². The number of nitrogens with two attached hydrogens (primary N) is 1. The zero-order valence-corrected chi connectivity index (χ0v) is 11.9. The quantitative estimate of drug-likeness (QED) is 0.798. The van der Waals surface area contributed by atoms with Gasteiger partial charge in [0.2, 0.25) is 0 Å². The van der Waals surface area contributed by atoms with Gasteiger partial charge in [-0.15, -0.1) is 0 Å². The molecule has 106 valence electrons. The Labute approximate surface area is 123 Å². The van der Waals surface area contributed by atoms with Crippen molar-refractivity contribution in [3.05, 3.63) is 66.4 Å². The van der Waals surface area contributed by atoms with Crippen LogP contribution >= 0.6 is 0 Å². The Morgan fingerprint density at radius 2 is 1.90 bits per heavy atom. The van der Waals surface area contributed by atoms with Gasteiger partial charge in [-0.3, -0.25) is 0 Å². The first-order valence-corrected chi connectivity index (χ1v) is 6.77. The van der Waals surface area contributed by atoms with Crippen LogP contribution in [0.2, 0.25) is 0 Å². The molecule has 0 aliphatic carbocycles. The molecule has 0 atom stereocenters. The number of methoxy groups -OCH3 is 1. The fourth-order valence-corrected chi connectivity index (χ4v) is 2.29. The molecule has 0 bridgehead atoms. The molecule has 3 rings (SSSR count). The summed E-state index contributed by atoms with van der Waals surface area (Å²) in [6, 6.07) is 18.0. The molecule has 0 aliphatic heterocycles. The Bertz CT molecular complexity index is 735. The zero-order valence-electron chi connectivity index (χ0n) is 11.9. The van der Waals surface area contributed by atoms with Gasteiger partial charge in [0.15, 0.2) is 0 Å². The smallest absolute Gasteiger partial charge is 0.129 e. The SMILES string of the molecule is COc1cccc(-c2cnn(Cc3ccccc3)c2N)c1. The van der Waals surface area contributed by atoms with Gasteiger partial charge in [-0.25, -0.2) is 4.68 Å². The van der Waals surface area contributed by atoms with E-state index in [9.17, 15) is 0 Å². The number of nitrogen functional groups attached to an aromatic ring is 1. The van der Waals surface area contributed by atoms with Gasteiger partial charge in [0.1, 0.15) is 11.6 Å². The Hall–Kier alpha value is -2.75. The second-order valence-electron chi connectivity index (χ2n) is 4.82. The summed E-state index contributed by atoms with van der Waals surface area (Å²) >= 11 is 0. The molecule has 0 radical (unpaired) electrons. The second-order valence-corrected chi connectivity index (χ2v) is 4.82. The fraction of sp³-hybridized carbons (Fsp3) is 0.118. The molecule has 0 saturated heterocycles. The molecule has 21 heavy (non-hydrogen) atoms. The molecule has 0 fully saturated rings. The summed E-state index contributed by atoms with van der Waals surface area (Å²) in [5.41, 5.74) is 9.33. The zero-order chi connectivity index (χ0) is 14.7. The van der Waals surface area contributed by atoms with Gasteiger partial charge in [-0.05, 0) is 23.3 Å². The van der Waals surface area contributed by atoms with E-state index in [2.05, 4.69) is 17.2 Å². The van der Waals surface area contributed by atoms with Crippen molar-refractivity contribution in [2.75, 3.05) is 12.8 Å². The van der Waals surface area contributed by atoms with Crippen LogP contribution in [-0.4, -0.2) is 16.9 Å². The number of aromatic nitrogens is 2. The molecule has 0 saturated carbocycles. The molecule has 1 heterocycles. The first-order chi connectivity index (χ1) is 10.3. The number of hydrogen-bond donors (Lipinski definition) is 1. The second kappa shape index (κ2) is 5.71. The molecular weight excluding hydrogens is 262 g/mol. The van der Waals surface area contributed by atoms with Crippen LogP contribution in [-0.2, 0) is 6.54 Å². The first kappa shape index (κ1) is 13.2. The lowest BCUT2D eigenvalue weighted by molar-refractivity contribution is 0.415. The minimum atomic E-state index is 0.659. The Kier molecular flexibility index (Phi) is 3.60. The molecule has 2 aromatic carbocycles. The van der Waals surface area contributed by atoms with E-state index in [4.69, 9.17) is 10.5 Å². The Balaban J connectivity index is 1.92.